The number of ether oxygens (including phenoxy) is 5. The number of benzene rings is 1. The van der Waals surface area contributed by atoms with Gasteiger partial charge in [-0.25, -0.2) is 0 Å². The highest BCUT2D eigenvalue weighted by Crippen LogP contribution is 2.33. The summed E-state index contributed by atoms with van der Waals surface area (Å²) in [7, 11) is 0. The molecule has 0 radical (unpaired) electrons. The van der Waals surface area contributed by atoms with Crippen molar-refractivity contribution in [3.05, 3.63) is 33.3 Å². The molecule has 1 aromatic carbocycles. The van der Waals surface area contributed by atoms with Crippen LogP contribution in [0.4, 0.5) is 5.69 Å². The van der Waals surface area contributed by atoms with Crippen molar-refractivity contribution in [1.82, 2.24) is 5.32 Å². The molecule has 1 fully saturated rings. The number of carbonyl (C=O) groups excluding carboxylic acids is 4. The van der Waals surface area contributed by atoms with E-state index in [-0.39, 0.29) is 16.5 Å². The highest BCUT2D eigenvalue weighted by molar-refractivity contribution is 6.32. The average Bonchev–Trinajstić information content (AvgIpc) is 2.71. The fraction of sp³-hybridized carbons (Fsp3) is 0.500. The molecule has 1 N–H and O–H groups in total. The van der Waals surface area contributed by atoms with Crippen molar-refractivity contribution in [1.29, 1.82) is 0 Å². The molecule has 1 amide bonds. The summed E-state index contributed by atoms with van der Waals surface area (Å²) in [5.41, 5.74) is -0.291. The largest absolute Gasteiger partial charge is 0.463 e. The van der Waals surface area contributed by atoms with Gasteiger partial charge in [-0.05, 0) is 6.07 Å². The van der Waals surface area contributed by atoms with Crippen LogP contribution in [0.2, 0.25) is 5.02 Å². The SMILES string of the molecule is CC(=O)N[C@H]1[C@H](Oc2ccc([N+](=O)[O-])cc2Cl)O[C@H](COC(C)=O)[C@@H](OC(C)=O)[C@@H]1OC(C)=O. The molecule has 13 nitrogen and oxygen atoms in total. The number of nitrogens with one attached hydrogen (secondary N) is 1. The van der Waals surface area contributed by atoms with Crippen molar-refractivity contribution in [3.8, 4) is 5.75 Å². The first-order chi connectivity index (χ1) is 15.9. The number of hydrogen-bond acceptors (Lipinski definition) is 11. The molecule has 1 saturated heterocycles. The normalized spacial score (nSPS) is 23.9. The fourth-order valence-corrected chi connectivity index (χ4v) is 3.43. The Bertz CT molecular complexity index is 970. The molecule has 186 valence electrons. The number of nitro groups is 1. The first-order valence-electron chi connectivity index (χ1n) is 9.90. The molecule has 34 heavy (non-hydrogen) atoms. The van der Waals surface area contributed by atoms with E-state index < -0.39 is 66.0 Å². The number of halogens is 1. The van der Waals surface area contributed by atoms with Crippen LogP contribution in [0, 0.1) is 10.1 Å². The number of non-ortho nitro benzene ring substituents is 1. The third kappa shape index (κ3) is 7.28. The lowest BCUT2D eigenvalue weighted by Crippen LogP contribution is -2.67. The second-order valence-corrected chi connectivity index (χ2v) is 7.62. The zero-order valence-corrected chi connectivity index (χ0v) is 19.4. The number of esters is 3. The highest BCUT2D eigenvalue weighted by Gasteiger charge is 2.52. The van der Waals surface area contributed by atoms with Crippen LogP contribution in [0.15, 0.2) is 18.2 Å². The van der Waals surface area contributed by atoms with Gasteiger partial charge in [0, 0.05) is 39.8 Å². The van der Waals surface area contributed by atoms with Crippen molar-refractivity contribution in [2.45, 2.75) is 58.3 Å². The number of hydrogen-bond donors (Lipinski definition) is 1. The first kappa shape index (κ1) is 26.8. The molecule has 5 atom stereocenters. The van der Waals surface area contributed by atoms with Gasteiger partial charge in [-0.15, -0.1) is 0 Å². The van der Waals surface area contributed by atoms with E-state index in [0.717, 1.165) is 32.9 Å². The molecule has 0 bridgehead atoms. The van der Waals surface area contributed by atoms with E-state index in [4.69, 9.17) is 35.3 Å². The maximum atomic E-state index is 11.9. The Balaban J connectivity index is 2.49. The van der Waals surface area contributed by atoms with Crippen molar-refractivity contribution >= 4 is 41.1 Å². The average molecular weight is 503 g/mol. The zero-order valence-electron chi connectivity index (χ0n) is 18.6. The van der Waals surface area contributed by atoms with Crippen molar-refractivity contribution in [2.24, 2.45) is 0 Å². The monoisotopic (exact) mass is 502 g/mol. The summed E-state index contributed by atoms with van der Waals surface area (Å²) >= 11 is 6.11. The molecule has 0 aromatic heterocycles. The predicted octanol–water partition coefficient (Wildman–Crippen LogP) is 1.28. The van der Waals surface area contributed by atoms with Crippen molar-refractivity contribution < 1.29 is 47.8 Å². The third-order valence-electron chi connectivity index (χ3n) is 4.44. The minimum atomic E-state index is -1.40. The van der Waals surface area contributed by atoms with E-state index >= 15 is 0 Å². The topological polar surface area (TPSA) is 170 Å². The molecular formula is C20H23ClN2O11. The quantitative estimate of drug-likeness (QED) is 0.235. The molecule has 1 aromatic rings. The lowest BCUT2D eigenvalue weighted by atomic mass is 9.96. The Morgan fingerprint density at radius 1 is 1.06 bits per heavy atom. The van der Waals surface area contributed by atoms with Gasteiger partial charge in [0.15, 0.2) is 12.2 Å². The Morgan fingerprint density at radius 3 is 2.18 bits per heavy atom. The Labute approximate surface area is 198 Å². The van der Waals surface area contributed by atoms with Gasteiger partial charge in [0.25, 0.3) is 5.69 Å². The number of amides is 1. The minimum absolute atomic E-state index is 0.0497. The minimum Gasteiger partial charge on any atom is -0.463 e. The molecule has 1 heterocycles. The van der Waals surface area contributed by atoms with Gasteiger partial charge in [-0.1, -0.05) is 11.6 Å². The molecular weight excluding hydrogens is 480 g/mol. The Morgan fingerprint density at radius 2 is 1.68 bits per heavy atom. The van der Waals surface area contributed by atoms with Crippen LogP contribution in [0.25, 0.3) is 0 Å². The van der Waals surface area contributed by atoms with E-state index in [1.807, 2.05) is 0 Å². The lowest BCUT2D eigenvalue weighted by molar-refractivity contribution is -0.384. The van der Waals surface area contributed by atoms with Gasteiger partial charge in [0.2, 0.25) is 12.2 Å². The van der Waals surface area contributed by atoms with E-state index in [9.17, 15) is 29.3 Å². The molecule has 1 aliphatic heterocycles. The van der Waals surface area contributed by atoms with Gasteiger partial charge >= 0.3 is 17.9 Å². The molecule has 2 rings (SSSR count). The summed E-state index contributed by atoms with van der Waals surface area (Å²) in [5.74, 6) is -2.79. The van der Waals surface area contributed by atoms with Crippen LogP contribution in [-0.2, 0) is 38.1 Å². The van der Waals surface area contributed by atoms with Crippen LogP contribution < -0.4 is 10.1 Å². The number of nitrogens with zero attached hydrogens (tertiary/aromatic N) is 1. The molecule has 1 aliphatic rings. The number of nitro benzene ring substituents is 1. The summed E-state index contributed by atoms with van der Waals surface area (Å²) in [6, 6.07) is 2.19. The third-order valence-corrected chi connectivity index (χ3v) is 4.74. The van der Waals surface area contributed by atoms with E-state index in [2.05, 4.69) is 5.32 Å². The second kappa shape index (κ2) is 11.6. The second-order valence-electron chi connectivity index (χ2n) is 7.21. The van der Waals surface area contributed by atoms with Gasteiger partial charge in [0.1, 0.15) is 24.5 Å². The predicted molar refractivity (Wildman–Crippen MR) is 113 cm³/mol. The number of carbonyl (C=O) groups is 4. The molecule has 0 saturated carbocycles. The maximum Gasteiger partial charge on any atom is 0.303 e. The molecule has 0 spiro atoms. The molecule has 14 heteroatoms. The fourth-order valence-electron chi connectivity index (χ4n) is 3.22. The van der Waals surface area contributed by atoms with Gasteiger partial charge < -0.3 is 29.0 Å². The van der Waals surface area contributed by atoms with Crippen LogP contribution in [0.5, 0.6) is 5.75 Å². The smallest absolute Gasteiger partial charge is 0.303 e. The van der Waals surface area contributed by atoms with Crippen molar-refractivity contribution in [2.75, 3.05) is 6.61 Å². The first-order valence-corrected chi connectivity index (χ1v) is 10.3. The lowest BCUT2D eigenvalue weighted by Gasteiger charge is -2.44. The van der Waals surface area contributed by atoms with E-state index in [1.165, 1.54) is 13.0 Å². The van der Waals surface area contributed by atoms with E-state index in [0.29, 0.717) is 0 Å². The standard InChI is InChI=1S/C20H23ClN2O11/c1-9(24)22-17-19(32-12(4)27)18(31-11(3)26)16(8-30-10(2)25)34-20(17)33-15-6-5-13(23(28)29)7-14(15)21/h5-7,16-20H,8H2,1-4H3,(H,22,24)/t16-,17-,18-,19-,20-/m1/s1. The summed E-state index contributed by atoms with van der Waals surface area (Å²) in [4.78, 5) is 57.2. The number of rotatable bonds is 8. The highest BCUT2D eigenvalue weighted by atomic mass is 35.5. The van der Waals surface area contributed by atoms with Crippen LogP contribution in [0.3, 0.4) is 0 Å². The Hall–Kier alpha value is -3.45. The van der Waals surface area contributed by atoms with Gasteiger partial charge in [-0.2, -0.15) is 0 Å². The summed E-state index contributed by atoms with van der Waals surface area (Å²) < 4.78 is 27.2. The summed E-state index contributed by atoms with van der Waals surface area (Å²) in [5, 5.41) is 13.4. The van der Waals surface area contributed by atoms with Gasteiger partial charge in [0.05, 0.1) is 9.95 Å². The summed E-state index contributed by atoms with van der Waals surface area (Å²) in [6.07, 6.45) is -5.19. The van der Waals surface area contributed by atoms with Crippen molar-refractivity contribution in [3.63, 3.8) is 0 Å². The zero-order chi connectivity index (χ0) is 25.6. The maximum absolute atomic E-state index is 11.9. The summed E-state index contributed by atoms with van der Waals surface area (Å²) in [6.45, 7) is 4.14. The molecule has 0 aliphatic carbocycles. The molecule has 0 unspecified atom stereocenters. The van der Waals surface area contributed by atoms with E-state index in [1.54, 1.807) is 0 Å². The van der Waals surface area contributed by atoms with Crippen LogP contribution >= 0.6 is 11.6 Å². The van der Waals surface area contributed by atoms with Crippen LogP contribution in [0.1, 0.15) is 27.7 Å². The van der Waals surface area contributed by atoms with Gasteiger partial charge in [-0.3, -0.25) is 29.3 Å². The Kier molecular flexibility index (Phi) is 9.15. The van der Waals surface area contributed by atoms with Crippen LogP contribution in [-0.4, -0.2) is 66.0 Å².